The predicted octanol–water partition coefficient (Wildman–Crippen LogP) is 4.27. The van der Waals surface area contributed by atoms with Gasteiger partial charge in [0.15, 0.2) is 5.78 Å². The number of sulfonamides is 1. The van der Waals surface area contributed by atoms with Crippen LogP contribution in [0.15, 0.2) is 34.7 Å². The highest BCUT2D eigenvalue weighted by molar-refractivity contribution is 7.89. The van der Waals surface area contributed by atoms with Gasteiger partial charge in [-0.15, -0.1) is 0 Å². The fourth-order valence-corrected chi connectivity index (χ4v) is 6.78. The van der Waals surface area contributed by atoms with Crippen LogP contribution in [0.25, 0.3) is 6.08 Å². The Kier molecular flexibility index (Phi) is 4.39. The van der Waals surface area contributed by atoms with Crippen molar-refractivity contribution in [3.05, 3.63) is 35.4 Å². The number of allylic oxidation sites excluding steroid dienone is 1. The molecule has 4 nitrogen and oxygen atoms in total. The number of Topliss-reactive ketones (excluding diaryl/α,β-unsaturated/α-hetero) is 1. The molecule has 0 amide bonds. The van der Waals surface area contributed by atoms with E-state index >= 15 is 0 Å². The van der Waals surface area contributed by atoms with E-state index < -0.39 is 10.0 Å². The summed E-state index contributed by atoms with van der Waals surface area (Å²) in [6.07, 6.45) is 6.97. The molecule has 0 unspecified atom stereocenters. The lowest BCUT2D eigenvalue weighted by molar-refractivity contribution is -0.125. The van der Waals surface area contributed by atoms with Crippen molar-refractivity contribution in [1.29, 1.82) is 0 Å². The zero-order valence-corrected chi connectivity index (χ0v) is 17.3. The minimum absolute atomic E-state index is 0.00649. The molecule has 146 valence electrons. The highest BCUT2D eigenvalue weighted by Crippen LogP contribution is 2.65. The predicted molar refractivity (Wildman–Crippen MR) is 107 cm³/mol. The molecule has 27 heavy (non-hydrogen) atoms. The van der Waals surface area contributed by atoms with Crippen LogP contribution in [-0.4, -0.2) is 31.6 Å². The van der Waals surface area contributed by atoms with Gasteiger partial charge in [0.05, 0.1) is 4.90 Å². The summed E-state index contributed by atoms with van der Waals surface area (Å²) in [5, 5.41) is 0. The van der Waals surface area contributed by atoms with Gasteiger partial charge in [0, 0.05) is 18.5 Å². The van der Waals surface area contributed by atoms with Gasteiger partial charge in [-0.1, -0.05) is 39.3 Å². The summed E-state index contributed by atoms with van der Waals surface area (Å²) < 4.78 is 27.2. The second-order valence-corrected chi connectivity index (χ2v) is 11.0. The molecule has 0 aromatic heterocycles. The van der Waals surface area contributed by atoms with E-state index in [9.17, 15) is 13.2 Å². The van der Waals surface area contributed by atoms with Crippen LogP contribution in [0, 0.1) is 16.7 Å². The van der Waals surface area contributed by atoms with E-state index in [0.29, 0.717) is 23.9 Å². The molecule has 1 aromatic carbocycles. The summed E-state index contributed by atoms with van der Waals surface area (Å²) in [7, 11) is -3.41. The van der Waals surface area contributed by atoms with Gasteiger partial charge in [0.25, 0.3) is 0 Å². The van der Waals surface area contributed by atoms with Crippen LogP contribution in [0.1, 0.15) is 58.4 Å². The van der Waals surface area contributed by atoms with Crippen molar-refractivity contribution in [2.45, 2.75) is 57.8 Å². The first-order chi connectivity index (χ1) is 12.7. The Bertz CT molecular complexity index is 892. The third-order valence-corrected chi connectivity index (χ3v) is 9.43. The highest BCUT2D eigenvalue weighted by atomic mass is 32.2. The first-order valence-electron chi connectivity index (χ1n) is 10.0. The smallest absolute Gasteiger partial charge is 0.243 e. The lowest BCUT2D eigenvalue weighted by atomic mass is 9.70. The van der Waals surface area contributed by atoms with Gasteiger partial charge >= 0.3 is 0 Å². The number of piperidine rings is 1. The number of carbonyl (C=O) groups excluding carboxylic acids is 1. The second kappa shape index (κ2) is 6.28. The largest absolute Gasteiger partial charge is 0.294 e. The van der Waals surface area contributed by atoms with E-state index in [1.165, 1.54) is 0 Å². The summed E-state index contributed by atoms with van der Waals surface area (Å²) in [5.74, 6) is 0.570. The lowest BCUT2D eigenvalue weighted by Gasteiger charge is -2.31. The average Bonchev–Trinajstić information content (AvgIpc) is 2.97. The van der Waals surface area contributed by atoms with E-state index in [1.807, 2.05) is 18.2 Å². The summed E-state index contributed by atoms with van der Waals surface area (Å²) in [4.78, 5) is 13.3. The molecule has 3 fully saturated rings. The SMILES string of the molecule is CC1(C)[C@H]2CC[C@@]1(C)C(=O)/C2=C/c1ccc(S(=O)(=O)N2CCCCC2)cc1. The number of rotatable bonds is 3. The van der Waals surface area contributed by atoms with E-state index in [-0.39, 0.29) is 16.6 Å². The molecule has 2 saturated carbocycles. The third-order valence-electron chi connectivity index (χ3n) is 7.52. The number of hydrogen-bond donors (Lipinski definition) is 0. The van der Waals surface area contributed by atoms with Crippen molar-refractivity contribution in [2.75, 3.05) is 13.1 Å². The van der Waals surface area contributed by atoms with Crippen LogP contribution in [-0.2, 0) is 14.8 Å². The fraction of sp³-hybridized carbons (Fsp3) is 0.591. The van der Waals surface area contributed by atoms with Gasteiger partial charge in [-0.05, 0) is 66.4 Å². The number of fused-ring (bicyclic) bond motifs is 2. The van der Waals surface area contributed by atoms with Crippen LogP contribution < -0.4 is 0 Å². The topological polar surface area (TPSA) is 54.5 Å². The van der Waals surface area contributed by atoms with Crippen LogP contribution in [0.4, 0.5) is 0 Å². The molecule has 2 aliphatic carbocycles. The maximum Gasteiger partial charge on any atom is 0.243 e. The summed E-state index contributed by atoms with van der Waals surface area (Å²) in [6.45, 7) is 7.73. The molecular weight excluding hydrogens is 358 g/mol. The molecule has 4 rings (SSSR count). The molecule has 3 aliphatic rings. The van der Waals surface area contributed by atoms with Crippen molar-refractivity contribution in [3.63, 3.8) is 0 Å². The molecule has 1 aromatic rings. The number of ketones is 1. The van der Waals surface area contributed by atoms with Crippen LogP contribution in [0.3, 0.4) is 0 Å². The second-order valence-electron chi connectivity index (χ2n) is 9.11. The molecule has 2 bridgehead atoms. The number of hydrogen-bond acceptors (Lipinski definition) is 3. The van der Waals surface area contributed by atoms with Crippen LogP contribution >= 0.6 is 0 Å². The van der Waals surface area contributed by atoms with E-state index in [4.69, 9.17) is 0 Å². The van der Waals surface area contributed by atoms with Crippen molar-refractivity contribution in [2.24, 2.45) is 16.7 Å². The molecule has 0 radical (unpaired) electrons. The summed E-state index contributed by atoms with van der Waals surface area (Å²) in [5.41, 5.74) is 1.55. The van der Waals surface area contributed by atoms with Crippen molar-refractivity contribution in [1.82, 2.24) is 4.31 Å². The average molecular weight is 388 g/mol. The Morgan fingerprint density at radius 3 is 2.22 bits per heavy atom. The molecule has 0 spiro atoms. The van der Waals surface area contributed by atoms with E-state index in [1.54, 1.807) is 16.4 Å². The molecule has 5 heteroatoms. The standard InChI is InChI=1S/C22H29NO3S/c1-21(2)19-11-12-22(21,3)20(24)18(19)15-16-7-9-17(10-8-16)27(25,26)23-13-5-4-6-14-23/h7-10,15,19H,4-6,11-14H2,1-3H3/b18-15+/t19-,22-/m0/s1. The first-order valence-corrected chi connectivity index (χ1v) is 11.5. The third kappa shape index (κ3) is 2.73. The zero-order valence-electron chi connectivity index (χ0n) is 16.5. The molecule has 1 aliphatic heterocycles. The minimum atomic E-state index is -3.41. The van der Waals surface area contributed by atoms with Gasteiger partial charge in [-0.2, -0.15) is 4.31 Å². The Balaban J connectivity index is 1.61. The molecule has 2 atom stereocenters. The van der Waals surface area contributed by atoms with Gasteiger partial charge in [0.1, 0.15) is 0 Å². The van der Waals surface area contributed by atoms with E-state index in [2.05, 4.69) is 20.8 Å². The summed E-state index contributed by atoms with van der Waals surface area (Å²) in [6, 6.07) is 7.03. The molecule has 1 heterocycles. The molecule has 0 N–H and O–H groups in total. The first kappa shape index (κ1) is 18.9. The van der Waals surface area contributed by atoms with Gasteiger partial charge in [0.2, 0.25) is 10.0 Å². The monoisotopic (exact) mass is 387 g/mol. The molecular formula is C22H29NO3S. The van der Waals surface area contributed by atoms with Gasteiger partial charge in [-0.3, -0.25) is 4.79 Å². The quantitative estimate of drug-likeness (QED) is 0.728. The minimum Gasteiger partial charge on any atom is -0.294 e. The maximum atomic E-state index is 13.0. The Morgan fingerprint density at radius 2 is 1.67 bits per heavy atom. The molecule has 1 saturated heterocycles. The number of carbonyl (C=O) groups is 1. The lowest BCUT2D eigenvalue weighted by Crippen LogP contribution is -2.35. The van der Waals surface area contributed by atoms with Crippen molar-refractivity contribution >= 4 is 21.9 Å². The van der Waals surface area contributed by atoms with Crippen LogP contribution in [0.2, 0.25) is 0 Å². The number of nitrogens with zero attached hydrogens (tertiary/aromatic N) is 1. The highest BCUT2D eigenvalue weighted by Gasteiger charge is 2.63. The Hall–Kier alpha value is -1.46. The van der Waals surface area contributed by atoms with Crippen molar-refractivity contribution < 1.29 is 13.2 Å². The van der Waals surface area contributed by atoms with Crippen LogP contribution in [0.5, 0.6) is 0 Å². The Labute approximate surface area is 162 Å². The normalized spacial score (nSPS) is 32.3. The van der Waals surface area contributed by atoms with Gasteiger partial charge < -0.3 is 0 Å². The fourth-order valence-electron chi connectivity index (χ4n) is 5.26. The van der Waals surface area contributed by atoms with E-state index in [0.717, 1.165) is 43.2 Å². The maximum absolute atomic E-state index is 13.0. The summed E-state index contributed by atoms with van der Waals surface area (Å²) >= 11 is 0. The Morgan fingerprint density at radius 1 is 1.04 bits per heavy atom. The van der Waals surface area contributed by atoms with Gasteiger partial charge in [-0.25, -0.2) is 8.42 Å². The number of benzene rings is 1. The zero-order chi connectivity index (χ0) is 19.4. The van der Waals surface area contributed by atoms with Crippen molar-refractivity contribution in [3.8, 4) is 0 Å².